The first-order valence-electron chi connectivity index (χ1n) is 7.51. The number of hydrogen-bond donors (Lipinski definition) is 1. The SMILES string of the molecule is OCC1(CN2CC(OC3CCCCO3)C(F)(F)C2)CC1. The summed E-state index contributed by atoms with van der Waals surface area (Å²) in [6.45, 7) is 1.19. The van der Waals surface area contributed by atoms with Gasteiger partial charge in [-0.3, -0.25) is 4.90 Å². The van der Waals surface area contributed by atoms with Crippen LogP contribution in [-0.2, 0) is 9.47 Å². The van der Waals surface area contributed by atoms with Gasteiger partial charge in [0.2, 0.25) is 0 Å². The van der Waals surface area contributed by atoms with Crippen molar-refractivity contribution in [2.45, 2.75) is 50.4 Å². The number of aliphatic hydroxyl groups is 1. The maximum absolute atomic E-state index is 14.0. The fourth-order valence-corrected chi connectivity index (χ4v) is 3.11. The van der Waals surface area contributed by atoms with E-state index in [1.165, 1.54) is 0 Å². The molecule has 2 saturated heterocycles. The van der Waals surface area contributed by atoms with E-state index in [1.807, 2.05) is 0 Å². The average Bonchev–Trinajstić information content (AvgIpc) is 3.13. The summed E-state index contributed by atoms with van der Waals surface area (Å²) in [5.41, 5.74) is -0.133. The molecule has 3 rings (SSSR count). The van der Waals surface area contributed by atoms with Gasteiger partial charge in [-0.2, -0.15) is 0 Å². The van der Waals surface area contributed by atoms with Crippen molar-refractivity contribution >= 4 is 0 Å². The normalized spacial score (nSPS) is 36.1. The summed E-state index contributed by atoms with van der Waals surface area (Å²) < 4.78 is 38.9. The van der Waals surface area contributed by atoms with E-state index in [0.29, 0.717) is 19.6 Å². The van der Waals surface area contributed by atoms with Gasteiger partial charge in [-0.15, -0.1) is 0 Å². The summed E-state index contributed by atoms with van der Waals surface area (Å²) in [5.74, 6) is -2.83. The van der Waals surface area contributed by atoms with Gasteiger partial charge in [-0.05, 0) is 32.1 Å². The molecule has 6 heteroatoms. The van der Waals surface area contributed by atoms with Crippen LogP contribution in [0.4, 0.5) is 8.78 Å². The Kier molecular flexibility index (Phi) is 4.01. The van der Waals surface area contributed by atoms with E-state index in [2.05, 4.69) is 0 Å². The fourth-order valence-electron chi connectivity index (χ4n) is 3.11. The van der Waals surface area contributed by atoms with E-state index >= 15 is 0 Å². The first-order chi connectivity index (χ1) is 9.53. The Morgan fingerprint density at radius 3 is 2.70 bits per heavy atom. The third-order valence-electron chi connectivity index (χ3n) is 4.63. The minimum Gasteiger partial charge on any atom is -0.396 e. The van der Waals surface area contributed by atoms with Gasteiger partial charge in [-0.25, -0.2) is 8.78 Å². The first kappa shape index (κ1) is 14.6. The maximum atomic E-state index is 14.0. The van der Waals surface area contributed by atoms with Crippen molar-refractivity contribution in [3.8, 4) is 0 Å². The molecule has 0 radical (unpaired) electrons. The quantitative estimate of drug-likeness (QED) is 0.836. The van der Waals surface area contributed by atoms with E-state index < -0.39 is 18.3 Å². The molecule has 0 aromatic carbocycles. The zero-order chi connectivity index (χ0) is 14.2. The summed E-state index contributed by atoms with van der Waals surface area (Å²) in [6.07, 6.45) is 2.96. The second-order valence-electron chi connectivity index (χ2n) is 6.51. The molecule has 1 saturated carbocycles. The summed E-state index contributed by atoms with van der Waals surface area (Å²) in [7, 11) is 0. The van der Waals surface area contributed by atoms with Gasteiger partial charge in [0.1, 0.15) is 6.10 Å². The fraction of sp³-hybridized carbons (Fsp3) is 1.00. The summed E-state index contributed by atoms with van der Waals surface area (Å²) in [5, 5.41) is 9.31. The molecule has 116 valence electrons. The highest BCUT2D eigenvalue weighted by molar-refractivity contribution is 5.00. The molecule has 0 aromatic rings. The molecule has 20 heavy (non-hydrogen) atoms. The van der Waals surface area contributed by atoms with Crippen LogP contribution in [-0.4, -0.2) is 61.2 Å². The molecule has 0 amide bonds. The van der Waals surface area contributed by atoms with Crippen LogP contribution in [0.1, 0.15) is 32.1 Å². The molecule has 0 aromatic heterocycles. The molecule has 1 aliphatic carbocycles. The minimum atomic E-state index is -2.83. The van der Waals surface area contributed by atoms with Gasteiger partial charge in [-0.1, -0.05) is 0 Å². The summed E-state index contributed by atoms with van der Waals surface area (Å²) in [4.78, 5) is 1.73. The molecule has 0 bridgehead atoms. The first-order valence-corrected chi connectivity index (χ1v) is 7.51. The van der Waals surface area contributed by atoms with Crippen LogP contribution < -0.4 is 0 Å². The van der Waals surface area contributed by atoms with Gasteiger partial charge >= 0.3 is 0 Å². The van der Waals surface area contributed by atoms with Gasteiger partial charge in [0.25, 0.3) is 5.92 Å². The Hall–Kier alpha value is -0.300. The van der Waals surface area contributed by atoms with Crippen molar-refractivity contribution in [2.24, 2.45) is 5.41 Å². The Morgan fingerprint density at radius 1 is 1.30 bits per heavy atom. The van der Waals surface area contributed by atoms with E-state index in [-0.39, 0.29) is 25.1 Å². The van der Waals surface area contributed by atoms with Crippen molar-refractivity contribution in [1.82, 2.24) is 4.90 Å². The number of hydrogen-bond acceptors (Lipinski definition) is 4. The van der Waals surface area contributed by atoms with E-state index in [1.54, 1.807) is 4.90 Å². The van der Waals surface area contributed by atoms with Crippen molar-refractivity contribution in [3.63, 3.8) is 0 Å². The third-order valence-corrected chi connectivity index (χ3v) is 4.63. The largest absolute Gasteiger partial charge is 0.396 e. The lowest BCUT2D eigenvalue weighted by Gasteiger charge is -2.28. The van der Waals surface area contributed by atoms with Crippen LogP contribution in [0.3, 0.4) is 0 Å². The molecular formula is C14H23F2NO3. The Bertz CT molecular complexity index is 343. The zero-order valence-corrected chi connectivity index (χ0v) is 11.7. The van der Waals surface area contributed by atoms with E-state index in [9.17, 15) is 13.9 Å². The number of ether oxygens (including phenoxy) is 2. The number of aliphatic hydroxyl groups excluding tert-OH is 1. The predicted molar refractivity (Wildman–Crippen MR) is 68.6 cm³/mol. The predicted octanol–water partition coefficient (Wildman–Crippen LogP) is 1.62. The van der Waals surface area contributed by atoms with Crippen LogP contribution >= 0.6 is 0 Å². The number of halogens is 2. The molecular weight excluding hydrogens is 268 g/mol. The molecule has 2 atom stereocenters. The molecule has 4 nitrogen and oxygen atoms in total. The van der Waals surface area contributed by atoms with Crippen LogP contribution in [0, 0.1) is 5.41 Å². The number of nitrogens with zero attached hydrogens (tertiary/aromatic N) is 1. The number of likely N-dealkylation sites (tertiary alicyclic amines) is 1. The molecule has 1 N–H and O–H groups in total. The molecule has 3 fully saturated rings. The standard InChI is InChI=1S/C14H23F2NO3/c15-14(16)9-17(8-13(10-18)4-5-13)7-11(14)20-12-3-1-2-6-19-12/h11-12,18H,1-10H2. The Labute approximate surface area is 118 Å². The van der Waals surface area contributed by atoms with Crippen molar-refractivity contribution in [3.05, 3.63) is 0 Å². The minimum absolute atomic E-state index is 0.0896. The lowest BCUT2D eigenvalue weighted by Crippen LogP contribution is -2.38. The van der Waals surface area contributed by atoms with E-state index in [4.69, 9.17) is 9.47 Å². The summed E-state index contributed by atoms with van der Waals surface area (Å²) >= 11 is 0. The lowest BCUT2D eigenvalue weighted by atomic mass is 10.1. The molecule has 3 aliphatic rings. The van der Waals surface area contributed by atoms with Crippen LogP contribution in [0.25, 0.3) is 0 Å². The van der Waals surface area contributed by atoms with Gasteiger partial charge in [0.15, 0.2) is 6.29 Å². The third kappa shape index (κ3) is 3.13. The van der Waals surface area contributed by atoms with Crippen LogP contribution in [0.2, 0.25) is 0 Å². The van der Waals surface area contributed by atoms with Crippen LogP contribution in [0.15, 0.2) is 0 Å². The second kappa shape index (κ2) is 5.48. The van der Waals surface area contributed by atoms with Crippen molar-refractivity contribution in [1.29, 1.82) is 0 Å². The molecule has 2 aliphatic heterocycles. The number of alkyl halides is 2. The van der Waals surface area contributed by atoms with E-state index in [0.717, 1.165) is 25.7 Å². The zero-order valence-electron chi connectivity index (χ0n) is 11.7. The average molecular weight is 291 g/mol. The van der Waals surface area contributed by atoms with Crippen molar-refractivity contribution < 1.29 is 23.4 Å². The lowest BCUT2D eigenvalue weighted by molar-refractivity contribution is -0.224. The highest BCUT2D eigenvalue weighted by atomic mass is 19.3. The van der Waals surface area contributed by atoms with Gasteiger partial charge in [0.05, 0.1) is 6.54 Å². The highest BCUT2D eigenvalue weighted by Gasteiger charge is 2.53. The van der Waals surface area contributed by atoms with Crippen molar-refractivity contribution in [2.75, 3.05) is 32.8 Å². The Balaban J connectivity index is 1.54. The number of rotatable bonds is 5. The molecule has 2 unspecified atom stereocenters. The van der Waals surface area contributed by atoms with Crippen LogP contribution in [0.5, 0.6) is 0 Å². The molecule has 2 heterocycles. The summed E-state index contributed by atoms with van der Waals surface area (Å²) in [6, 6.07) is 0. The smallest absolute Gasteiger partial charge is 0.287 e. The highest BCUT2D eigenvalue weighted by Crippen LogP contribution is 2.47. The maximum Gasteiger partial charge on any atom is 0.287 e. The second-order valence-corrected chi connectivity index (χ2v) is 6.51. The monoisotopic (exact) mass is 291 g/mol. The Morgan fingerprint density at radius 2 is 2.10 bits per heavy atom. The molecule has 0 spiro atoms. The van der Waals surface area contributed by atoms with Gasteiger partial charge < -0.3 is 14.6 Å². The topological polar surface area (TPSA) is 41.9 Å². The van der Waals surface area contributed by atoms with Gasteiger partial charge in [0, 0.05) is 31.7 Å².